The number of amides is 1. The zero-order valence-corrected chi connectivity index (χ0v) is 17.0. The van der Waals surface area contributed by atoms with Crippen molar-refractivity contribution in [2.45, 2.75) is 49.7 Å². The van der Waals surface area contributed by atoms with Gasteiger partial charge in [-0.3, -0.25) is 4.79 Å². The van der Waals surface area contributed by atoms with Gasteiger partial charge >= 0.3 is 0 Å². The Bertz CT molecular complexity index is 660. The molecule has 0 unspecified atom stereocenters. The first-order valence-electron chi connectivity index (χ1n) is 8.94. The summed E-state index contributed by atoms with van der Waals surface area (Å²) in [7, 11) is -3.03. The number of aryl methyl sites for hydroxylation is 1. The second kappa shape index (κ2) is 9.08. The van der Waals surface area contributed by atoms with Crippen molar-refractivity contribution in [2.75, 3.05) is 25.1 Å². The van der Waals surface area contributed by atoms with Gasteiger partial charge in [0.15, 0.2) is 9.84 Å². The molecule has 1 aromatic carbocycles. The molecule has 1 amide bonds. The monoisotopic (exact) mass is 383 g/mol. The van der Waals surface area contributed by atoms with Crippen LogP contribution in [0.5, 0.6) is 0 Å². The van der Waals surface area contributed by atoms with E-state index in [0.717, 1.165) is 6.42 Å². The van der Waals surface area contributed by atoms with Crippen molar-refractivity contribution in [1.82, 2.24) is 4.90 Å². The first kappa shape index (κ1) is 20.3. The van der Waals surface area contributed by atoms with Gasteiger partial charge in [-0.1, -0.05) is 26.0 Å². The van der Waals surface area contributed by atoms with Gasteiger partial charge in [0.2, 0.25) is 5.91 Å². The number of thioether (sulfide) groups is 1. The molecule has 1 aliphatic heterocycles. The second-order valence-electron chi connectivity index (χ2n) is 7.15. The van der Waals surface area contributed by atoms with Gasteiger partial charge < -0.3 is 4.90 Å². The maximum atomic E-state index is 12.4. The lowest BCUT2D eigenvalue weighted by molar-refractivity contribution is -0.132. The number of hydrogen-bond donors (Lipinski definition) is 0. The number of hydrogen-bond acceptors (Lipinski definition) is 4. The van der Waals surface area contributed by atoms with Gasteiger partial charge in [0.1, 0.15) is 0 Å². The average Bonchev–Trinajstić information content (AvgIpc) is 2.59. The van der Waals surface area contributed by atoms with Crippen LogP contribution in [0.3, 0.4) is 0 Å². The molecule has 0 radical (unpaired) electrons. The molecule has 0 saturated carbocycles. The lowest BCUT2D eigenvalue weighted by Gasteiger charge is -2.32. The summed E-state index contributed by atoms with van der Waals surface area (Å²) in [5.74, 6) is 0.535. The van der Waals surface area contributed by atoms with Gasteiger partial charge in [-0.15, -0.1) is 11.8 Å². The number of sulfone groups is 1. The standard InChI is InChI=1S/C19H29NO3S2/c1-15(2)14-25(22,23)18-10-12-20(13-11-18)19(21)9-6-16-4-7-17(24-3)8-5-16/h4-5,7-8,15,18H,6,9-14H2,1-3H3. The summed E-state index contributed by atoms with van der Waals surface area (Å²) in [4.78, 5) is 15.5. The van der Waals surface area contributed by atoms with Crippen LogP contribution in [0.1, 0.15) is 38.7 Å². The molecule has 1 heterocycles. The smallest absolute Gasteiger partial charge is 0.222 e. The van der Waals surface area contributed by atoms with Crippen molar-refractivity contribution >= 4 is 27.5 Å². The van der Waals surface area contributed by atoms with E-state index in [0.29, 0.717) is 32.4 Å². The highest BCUT2D eigenvalue weighted by Crippen LogP contribution is 2.21. The normalized spacial score (nSPS) is 16.4. The Balaban J connectivity index is 1.80. The van der Waals surface area contributed by atoms with Crippen molar-refractivity contribution in [3.8, 4) is 0 Å². The van der Waals surface area contributed by atoms with Gasteiger partial charge in [0.05, 0.1) is 11.0 Å². The molecule has 1 fully saturated rings. The van der Waals surface area contributed by atoms with Crippen LogP contribution in [0.25, 0.3) is 0 Å². The van der Waals surface area contributed by atoms with Gasteiger partial charge in [0, 0.05) is 24.4 Å². The number of likely N-dealkylation sites (tertiary alicyclic amines) is 1. The molecule has 2 rings (SSSR count). The molecule has 140 valence electrons. The Morgan fingerprint density at radius 1 is 1.20 bits per heavy atom. The molecule has 0 atom stereocenters. The summed E-state index contributed by atoms with van der Waals surface area (Å²) >= 11 is 1.71. The molecule has 25 heavy (non-hydrogen) atoms. The quantitative estimate of drug-likeness (QED) is 0.677. The SMILES string of the molecule is CSc1ccc(CCC(=O)N2CCC(S(=O)(=O)CC(C)C)CC2)cc1. The summed E-state index contributed by atoms with van der Waals surface area (Å²) < 4.78 is 24.7. The molecule has 0 aliphatic carbocycles. The number of piperidine rings is 1. The van der Waals surface area contributed by atoms with Crippen LogP contribution in [-0.4, -0.2) is 49.6 Å². The summed E-state index contributed by atoms with van der Waals surface area (Å²) in [6.07, 6.45) is 4.41. The van der Waals surface area contributed by atoms with Gasteiger partial charge in [-0.05, 0) is 49.1 Å². The maximum Gasteiger partial charge on any atom is 0.222 e. The van der Waals surface area contributed by atoms with Crippen molar-refractivity contribution in [2.24, 2.45) is 5.92 Å². The molecule has 0 bridgehead atoms. The van der Waals surface area contributed by atoms with E-state index < -0.39 is 9.84 Å². The predicted octanol–water partition coefficient (Wildman–Crippen LogP) is 3.40. The highest BCUT2D eigenvalue weighted by Gasteiger charge is 2.31. The molecule has 1 aliphatic rings. The summed E-state index contributed by atoms with van der Waals surface area (Å²) in [5, 5.41) is -0.280. The zero-order chi connectivity index (χ0) is 18.4. The minimum atomic E-state index is -3.03. The zero-order valence-electron chi connectivity index (χ0n) is 15.4. The van der Waals surface area contributed by atoms with E-state index in [1.807, 2.05) is 25.0 Å². The third-order valence-electron chi connectivity index (χ3n) is 4.65. The van der Waals surface area contributed by atoms with Crippen LogP contribution in [0, 0.1) is 5.92 Å². The fraction of sp³-hybridized carbons (Fsp3) is 0.632. The van der Waals surface area contributed by atoms with E-state index in [-0.39, 0.29) is 22.8 Å². The third-order valence-corrected chi connectivity index (χ3v) is 8.02. The number of benzene rings is 1. The molecule has 1 saturated heterocycles. The highest BCUT2D eigenvalue weighted by atomic mass is 32.2. The minimum Gasteiger partial charge on any atom is -0.343 e. The summed E-state index contributed by atoms with van der Waals surface area (Å²) in [6.45, 7) is 4.99. The fourth-order valence-electron chi connectivity index (χ4n) is 3.27. The summed E-state index contributed by atoms with van der Waals surface area (Å²) in [6, 6.07) is 8.30. The van der Waals surface area contributed by atoms with E-state index >= 15 is 0 Å². The van der Waals surface area contributed by atoms with Gasteiger partial charge in [-0.2, -0.15) is 0 Å². The Hall–Kier alpha value is -1.01. The molecular formula is C19H29NO3S2. The molecule has 0 spiro atoms. The Labute approximate surface area is 156 Å². The lowest BCUT2D eigenvalue weighted by atomic mass is 10.1. The largest absolute Gasteiger partial charge is 0.343 e. The first-order valence-corrected chi connectivity index (χ1v) is 11.9. The van der Waals surface area contributed by atoms with Crippen LogP contribution in [0.4, 0.5) is 0 Å². The van der Waals surface area contributed by atoms with Gasteiger partial charge in [0.25, 0.3) is 0 Å². The van der Waals surface area contributed by atoms with Crippen molar-refractivity contribution in [3.05, 3.63) is 29.8 Å². The van der Waals surface area contributed by atoms with Crippen LogP contribution in [-0.2, 0) is 21.1 Å². The number of rotatable bonds is 7. The lowest BCUT2D eigenvalue weighted by Crippen LogP contribution is -2.43. The number of nitrogens with zero attached hydrogens (tertiary/aromatic N) is 1. The Morgan fingerprint density at radius 2 is 1.80 bits per heavy atom. The molecule has 0 aromatic heterocycles. The van der Waals surface area contributed by atoms with Crippen molar-refractivity contribution in [3.63, 3.8) is 0 Å². The number of carbonyl (C=O) groups is 1. The third kappa shape index (κ3) is 6.03. The van der Waals surface area contributed by atoms with Crippen molar-refractivity contribution in [1.29, 1.82) is 0 Å². The van der Waals surface area contributed by atoms with Crippen LogP contribution >= 0.6 is 11.8 Å². The molecule has 6 heteroatoms. The van der Waals surface area contributed by atoms with E-state index in [1.54, 1.807) is 11.8 Å². The Morgan fingerprint density at radius 3 is 2.32 bits per heavy atom. The van der Waals surface area contributed by atoms with Gasteiger partial charge in [-0.25, -0.2) is 8.42 Å². The van der Waals surface area contributed by atoms with E-state index in [1.165, 1.54) is 10.5 Å². The second-order valence-corrected chi connectivity index (χ2v) is 10.4. The predicted molar refractivity (Wildman–Crippen MR) is 105 cm³/mol. The maximum absolute atomic E-state index is 12.4. The average molecular weight is 384 g/mol. The molecule has 4 nitrogen and oxygen atoms in total. The fourth-order valence-corrected chi connectivity index (χ4v) is 5.81. The molecular weight excluding hydrogens is 354 g/mol. The van der Waals surface area contributed by atoms with E-state index in [2.05, 4.69) is 24.3 Å². The molecule has 0 N–H and O–H groups in total. The highest BCUT2D eigenvalue weighted by molar-refractivity contribution is 7.98. The van der Waals surface area contributed by atoms with Crippen molar-refractivity contribution < 1.29 is 13.2 Å². The summed E-state index contributed by atoms with van der Waals surface area (Å²) in [5.41, 5.74) is 1.17. The number of carbonyl (C=O) groups excluding carboxylic acids is 1. The van der Waals surface area contributed by atoms with E-state index in [9.17, 15) is 13.2 Å². The van der Waals surface area contributed by atoms with Crippen LogP contribution in [0.2, 0.25) is 0 Å². The van der Waals surface area contributed by atoms with Crippen LogP contribution in [0.15, 0.2) is 29.2 Å². The minimum absolute atomic E-state index is 0.133. The topological polar surface area (TPSA) is 54.5 Å². The van der Waals surface area contributed by atoms with Crippen LogP contribution < -0.4 is 0 Å². The Kier molecular flexibility index (Phi) is 7.37. The van der Waals surface area contributed by atoms with E-state index in [4.69, 9.17) is 0 Å². The first-order chi connectivity index (χ1) is 11.8. The molecule has 1 aromatic rings.